The number of benzene rings is 2. The number of ether oxygens (including phenoxy) is 1. The minimum atomic E-state index is -3.53. The fourth-order valence-corrected chi connectivity index (χ4v) is 4.27. The predicted octanol–water partition coefficient (Wildman–Crippen LogP) is 2.72. The van der Waals surface area contributed by atoms with Crippen molar-refractivity contribution in [1.82, 2.24) is 4.31 Å². The van der Waals surface area contributed by atoms with E-state index in [1.165, 1.54) is 4.31 Å². The lowest BCUT2D eigenvalue weighted by atomic mass is 9.96. The van der Waals surface area contributed by atoms with Gasteiger partial charge in [-0.1, -0.05) is 42.5 Å². The number of amides is 1. The summed E-state index contributed by atoms with van der Waals surface area (Å²) in [5, 5.41) is 2.73. The number of esters is 1. The summed E-state index contributed by atoms with van der Waals surface area (Å²) >= 11 is 0. The van der Waals surface area contributed by atoms with Crippen molar-refractivity contribution in [3.63, 3.8) is 0 Å². The van der Waals surface area contributed by atoms with Gasteiger partial charge < -0.3 is 10.1 Å². The molecular formula is C23H28N2O5S. The zero-order valence-corrected chi connectivity index (χ0v) is 18.7. The van der Waals surface area contributed by atoms with Crippen molar-refractivity contribution in [1.29, 1.82) is 0 Å². The zero-order chi connectivity index (χ0) is 22.5. The minimum Gasteiger partial charge on any atom is -0.465 e. The van der Waals surface area contributed by atoms with E-state index in [1.54, 1.807) is 19.1 Å². The normalized spacial score (nSPS) is 14.8. The summed E-state index contributed by atoms with van der Waals surface area (Å²) in [4.78, 5) is 24.7. The summed E-state index contributed by atoms with van der Waals surface area (Å²) in [5.74, 6) is -0.633. The van der Waals surface area contributed by atoms with Crippen molar-refractivity contribution in [2.75, 3.05) is 31.3 Å². The van der Waals surface area contributed by atoms with Crippen molar-refractivity contribution >= 4 is 27.6 Å². The molecule has 1 aliphatic rings. The van der Waals surface area contributed by atoms with Crippen LogP contribution < -0.4 is 5.32 Å². The Kier molecular flexibility index (Phi) is 7.12. The van der Waals surface area contributed by atoms with Crippen LogP contribution in [0, 0.1) is 0 Å². The molecule has 1 aliphatic carbocycles. The highest BCUT2D eigenvalue weighted by molar-refractivity contribution is 7.88. The molecule has 0 radical (unpaired) electrons. The van der Waals surface area contributed by atoms with Crippen molar-refractivity contribution in [2.24, 2.45) is 0 Å². The lowest BCUT2D eigenvalue weighted by Crippen LogP contribution is -2.38. The highest BCUT2D eigenvalue weighted by atomic mass is 32.2. The van der Waals surface area contributed by atoms with Gasteiger partial charge in [-0.2, -0.15) is 4.31 Å². The SMILES string of the molecule is CCOC(=O)C1(c2ccc(NC(=O)CN(CCc3ccccc3)S(C)(=O)=O)cc2)CC1. The number of carbonyl (C=O) groups is 2. The van der Waals surface area contributed by atoms with Gasteiger partial charge in [-0.25, -0.2) is 8.42 Å². The largest absolute Gasteiger partial charge is 0.465 e. The third-order valence-corrected chi connectivity index (χ3v) is 6.67. The minimum absolute atomic E-state index is 0.214. The van der Waals surface area contributed by atoms with E-state index in [-0.39, 0.29) is 19.1 Å². The average Bonchev–Trinajstić information content (AvgIpc) is 3.54. The summed E-state index contributed by atoms with van der Waals surface area (Å²) in [6, 6.07) is 16.6. The van der Waals surface area contributed by atoms with Crippen LogP contribution in [0.5, 0.6) is 0 Å². The predicted molar refractivity (Wildman–Crippen MR) is 119 cm³/mol. The molecular weight excluding hydrogens is 416 g/mol. The van der Waals surface area contributed by atoms with Crippen LogP contribution in [0.4, 0.5) is 5.69 Å². The fourth-order valence-electron chi connectivity index (χ4n) is 3.50. The Balaban J connectivity index is 1.60. The third kappa shape index (κ3) is 5.92. The maximum Gasteiger partial charge on any atom is 0.316 e. The molecule has 1 N–H and O–H groups in total. The Morgan fingerprint density at radius 3 is 2.26 bits per heavy atom. The third-order valence-electron chi connectivity index (χ3n) is 5.42. The first kappa shape index (κ1) is 23.0. The number of rotatable bonds is 10. The summed E-state index contributed by atoms with van der Waals surface area (Å²) in [7, 11) is -3.53. The molecule has 0 heterocycles. The van der Waals surface area contributed by atoms with E-state index < -0.39 is 21.3 Å². The van der Waals surface area contributed by atoms with Crippen LogP contribution in [0.25, 0.3) is 0 Å². The molecule has 1 amide bonds. The van der Waals surface area contributed by atoms with Crippen molar-refractivity contribution in [3.8, 4) is 0 Å². The summed E-state index contributed by atoms with van der Waals surface area (Å²) in [5.41, 5.74) is 1.85. The Bertz CT molecular complexity index is 1020. The quantitative estimate of drug-likeness (QED) is 0.569. The monoisotopic (exact) mass is 444 g/mol. The summed E-state index contributed by atoms with van der Waals surface area (Å²) in [6.07, 6.45) is 3.13. The lowest BCUT2D eigenvalue weighted by molar-refractivity contribution is -0.146. The number of anilines is 1. The van der Waals surface area contributed by atoms with Crippen molar-refractivity contribution in [3.05, 3.63) is 65.7 Å². The smallest absolute Gasteiger partial charge is 0.316 e. The molecule has 0 aliphatic heterocycles. The molecule has 2 aromatic carbocycles. The standard InChI is InChI=1S/C23H28N2O5S/c1-3-30-22(27)23(14-15-23)19-9-11-20(12-10-19)24-21(26)17-25(31(2,28)29)16-13-18-7-5-4-6-8-18/h4-12H,3,13-17H2,1-2H3,(H,24,26). The van der Waals surface area contributed by atoms with Crippen LogP contribution >= 0.6 is 0 Å². The summed E-state index contributed by atoms with van der Waals surface area (Å²) < 4.78 is 30.6. The molecule has 3 rings (SSSR count). The number of hydrogen-bond donors (Lipinski definition) is 1. The number of sulfonamides is 1. The first-order valence-corrected chi connectivity index (χ1v) is 12.2. The topological polar surface area (TPSA) is 92.8 Å². The van der Waals surface area contributed by atoms with Gasteiger partial charge >= 0.3 is 5.97 Å². The van der Waals surface area contributed by atoms with Gasteiger partial charge in [0, 0.05) is 12.2 Å². The molecule has 166 valence electrons. The fraction of sp³-hybridized carbons (Fsp3) is 0.391. The van der Waals surface area contributed by atoms with Gasteiger partial charge in [0.25, 0.3) is 0 Å². The van der Waals surface area contributed by atoms with Crippen LogP contribution in [0.15, 0.2) is 54.6 Å². The van der Waals surface area contributed by atoms with Gasteiger partial charge in [-0.05, 0) is 49.4 Å². The number of nitrogens with zero attached hydrogens (tertiary/aromatic N) is 1. The number of nitrogens with one attached hydrogen (secondary N) is 1. The van der Waals surface area contributed by atoms with Gasteiger partial charge in [0.05, 0.1) is 24.8 Å². The molecule has 0 spiro atoms. The second-order valence-corrected chi connectivity index (χ2v) is 9.74. The molecule has 0 atom stereocenters. The maximum atomic E-state index is 12.5. The van der Waals surface area contributed by atoms with Gasteiger partial charge in [0.1, 0.15) is 0 Å². The zero-order valence-electron chi connectivity index (χ0n) is 17.8. The van der Waals surface area contributed by atoms with E-state index in [2.05, 4.69) is 5.32 Å². The van der Waals surface area contributed by atoms with Gasteiger partial charge in [-0.15, -0.1) is 0 Å². The van der Waals surface area contributed by atoms with E-state index in [0.29, 0.717) is 18.7 Å². The lowest BCUT2D eigenvalue weighted by Gasteiger charge is -2.20. The van der Waals surface area contributed by atoms with Gasteiger partial charge in [0.2, 0.25) is 15.9 Å². The van der Waals surface area contributed by atoms with Gasteiger partial charge in [0.15, 0.2) is 0 Å². The molecule has 1 saturated carbocycles. The van der Waals surface area contributed by atoms with E-state index >= 15 is 0 Å². The van der Waals surface area contributed by atoms with E-state index in [1.807, 2.05) is 42.5 Å². The molecule has 0 unspecified atom stereocenters. The molecule has 1 fully saturated rings. The molecule has 2 aromatic rings. The van der Waals surface area contributed by atoms with Crippen LogP contribution in [0.3, 0.4) is 0 Å². The van der Waals surface area contributed by atoms with Gasteiger partial charge in [-0.3, -0.25) is 9.59 Å². The van der Waals surface area contributed by atoms with E-state index in [4.69, 9.17) is 4.74 Å². The summed E-state index contributed by atoms with van der Waals surface area (Å²) in [6.45, 7) is 2.08. The first-order chi connectivity index (χ1) is 14.7. The Hall–Kier alpha value is -2.71. The van der Waals surface area contributed by atoms with Crippen LogP contribution in [-0.2, 0) is 36.2 Å². The molecule has 7 nitrogen and oxygen atoms in total. The molecule has 0 saturated heterocycles. The number of hydrogen-bond acceptors (Lipinski definition) is 5. The Morgan fingerprint density at radius 2 is 1.71 bits per heavy atom. The van der Waals surface area contributed by atoms with Crippen LogP contribution in [0.2, 0.25) is 0 Å². The maximum absolute atomic E-state index is 12.5. The molecule has 0 aromatic heterocycles. The first-order valence-electron chi connectivity index (χ1n) is 10.3. The molecule has 31 heavy (non-hydrogen) atoms. The second kappa shape index (κ2) is 9.62. The Morgan fingerprint density at radius 1 is 1.06 bits per heavy atom. The number of carbonyl (C=O) groups excluding carboxylic acids is 2. The van der Waals surface area contributed by atoms with E-state index in [9.17, 15) is 18.0 Å². The second-order valence-electron chi connectivity index (χ2n) is 7.76. The van der Waals surface area contributed by atoms with E-state index in [0.717, 1.165) is 30.2 Å². The van der Waals surface area contributed by atoms with Crippen LogP contribution in [0.1, 0.15) is 30.9 Å². The molecule has 0 bridgehead atoms. The highest BCUT2D eigenvalue weighted by Gasteiger charge is 2.52. The average molecular weight is 445 g/mol. The van der Waals surface area contributed by atoms with Crippen molar-refractivity contribution in [2.45, 2.75) is 31.6 Å². The molecule has 8 heteroatoms. The Labute approximate surface area is 183 Å². The van der Waals surface area contributed by atoms with Crippen LogP contribution in [-0.4, -0.2) is 50.6 Å². The highest BCUT2D eigenvalue weighted by Crippen LogP contribution is 2.49. The van der Waals surface area contributed by atoms with Crippen molar-refractivity contribution < 1.29 is 22.7 Å².